The maximum atomic E-state index is 12.5. The molecular weight excluding hydrogens is 344 g/mol. The number of Topliss-reactive ketones (excluding diaryl/α,β-unsaturated/α-hetero) is 1. The third-order valence-electron chi connectivity index (χ3n) is 7.44. The van der Waals surface area contributed by atoms with Gasteiger partial charge in [-0.1, -0.05) is 13.0 Å². The standard InChI is InChI=1S/C22H28O5/c1-12(23)26-19-10-14-4-5-16-15(17(14)11-20(19)27-13(2)24)8-9-22(3)18(16)6-7-21(22)25/h4,10,15-18,20H,5-9,11H2,1-3H3/t15-,16+,17-,18-,20?,22-/m0/s1. The van der Waals surface area contributed by atoms with Crippen molar-refractivity contribution in [1.29, 1.82) is 0 Å². The van der Waals surface area contributed by atoms with E-state index in [9.17, 15) is 14.4 Å². The molecule has 0 radical (unpaired) electrons. The molecule has 4 aliphatic rings. The van der Waals surface area contributed by atoms with Gasteiger partial charge in [-0.2, -0.15) is 0 Å². The molecule has 4 rings (SSSR count). The number of fused-ring (bicyclic) bond motifs is 5. The average Bonchev–Trinajstić information content (AvgIpc) is 2.89. The predicted octanol–water partition coefficient (Wildman–Crippen LogP) is 3.73. The molecule has 2 fully saturated rings. The average molecular weight is 372 g/mol. The second-order valence-corrected chi connectivity index (χ2v) is 8.87. The van der Waals surface area contributed by atoms with Gasteiger partial charge in [-0.25, -0.2) is 0 Å². The molecule has 0 amide bonds. The number of hydrogen-bond acceptors (Lipinski definition) is 5. The summed E-state index contributed by atoms with van der Waals surface area (Å²) >= 11 is 0. The molecule has 2 saturated carbocycles. The fourth-order valence-corrected chi connectivity index (χ4v) is 6.25. The molecule has 4 aliphatic carbocycles. The van der Waals surface area contributed by atoms with E-state index < -0.39 is 12.1 Å². The summed E-state index contributed by atoms with van der Waals surface area (Å²) in [6.45, 7) is 4.92. The summed E-state index contributed by atoms with van der Waals surface area (Å²) in [5, 5.41) is 0. The zero-order valence-electron chi connectivity index (χ0n) is 16.3. The summed E-state index contributed by atoms with van der Waals surface area (Å²) in [4.78, 5) is 35.5. The van der Waals surface area contributed by atoms with Crippen molar-refractivity contribution in [2.24, 2.45) is 29.1 Å². The van der Waals surface area contributed by atoms with Crippen molar-refractivity contribution < 1.29 is 23.9 Å². The third kappa shape index (κ3) is 3.05. The summed E-state index contributed by atoms with van der Waals surface area (Å²) in [7, 11) is 0. The number of esters is 2. The van der Waals surface area contributed by atoms with Crippen LogP contribution in [0.4, 0.5) is 0 Å². The Bertz CT molecular complexity index is 748. The summed E-state index contributed by atoms with van der Waals surface area (Å²) < 4.78 is 10.8. The molecule has 0 aromatic heterocycles. The highest BCUT2D eigenvalue weighted by Gasteiger charge is 2.56. The van der Waals surface area contributed by atoms with E-state index in [-0.39, 0.29) is 11.4 Å². The minimum Gasteiger partial charge on any atom is -0.454 e. The summed E-state index contributed by atoms with van der Waals surface area (Å²) in [6, 6.07) is 0. The molecule has 0 bridgehead atoms. The first kappa shape index (κ1) is 18.5. The molecule has 5 heteroatoms. The summed E-state index contributed by atoms with van der Waals surface area (Å²) in [5.74, 6) is 1.90. The van der Waals surface area contributed by atoms with Gasteiger partial charge in [0.15, 0.2) is 6.10 Å². The van der Waals surface area contributed by atoms with Crippen molar-refractivity contribution in [3.8, 4) is 0 Å². The van der Waals surface area contributed by atoms with E-state index in [2.05, 4.69) is 13.0 Å². The van der Waals surface area contributed by atoms with Crippen molar-refractivity contribution in [2.45, 2.75) is 65.4 Å². The van der Waals surface area contributed by atoms with E-state index in [0.717, 1.165) is 32.1 Å². The Morgan fingerprint density at radius 3 is 2.63 bits per heavy atom. The van der Waals surface area contributed by atoms with Crippen molar-refractivity contribution in [1.82, 2.24) is 0 Å². The highest BCUT2D eigenvalue weighted by Crippen LogP contribution is 2.60. The Morgan fingerprint density at radius 2 is 1.93 bits per heavy atom. The van der Waals surface area contributed by atoms with Gasteiger partial charge < -0.3 is 9.47 Å². The molecule has 0 aliphatic heterocycles. The number of ketones is 1. The number of allylic oxidation sites excluding steroid dienone is 3. The van der Waals surface area contributed by atoms with Crippen LogP contribution in [0, 0.1) is 29.1 Å². The lowest BCUT2D eigenvalue weighted by atomic mass is 9.53. The monoisotopic (exact) mass is 372 g/mol. The molecule has 0 aromatic carbocycles. The number of carbonyl (C=O) groups excluding carboxylic acids is 3. The van der Waals surface area contributed by atoms with E-state index in [1.165, 1.54) is 19.4 Å². The lowest BCUT2D eigenvalue weighted by Crippen LogP contribution is -2.46. The van der Waals surface area contributed by atoms with E-state index in [4.69, 9.17) is 9.47 Å². The zero-order valence-corrected chi connectivity index (χ0v) is 16.3. The van der Waals surface area contributed by atoms with Gasteiger partial charge in [0, 0.05) is 25.7 Å². The highest BCUT2D eigenvalue weighted by molar-refractivity contribution is 5.87. The Kier molecular flexibility index (Phi) is 4.52. The normalized spacial score (nSPS) is 40.1. The van der Waals surface area contributed by atoms with Gasteiger partial charge in [-0.15, -0.1) is 0 Å². The molecule has 0 N–H and O–H groups in total. The second kappa shape index (κ2) is 6.61. The quantitative estimate of drug-likeness (QED) is 0.691. The fourth-order valence-electron chi connectivity index (χ4n) is 6.25. The highest BCUT2D eigenvalue weighted by atomic mass is 16.6. The first-order valence-corrected chi connectivity index (χ1v) is 10.1. The number of ether oxygens (including phenoxy) is 2. The Hall–Kier alpha value is -1.91. The first-order valence-electron chi connectivity index (χ1n) is 10.1. The minimum absolute atomic E-state index is 0.144. The van der Waals surface area contributed by atoms with Crippen molar-refractivity contribution in [2.75, 3.05) is 0 Å². The number of hydrogen-bond donors (Lipinski definition) is 0. The van der Waals surface area contributed by atoms with E-state index in [0.29, 0.717) is 41.6 Å². The van der Waals surface area contributed by atoms with Gasteiger partial charge in [0.2, 0.25) is 0 Å². The molecule has 0 saturated heterocycles. The second-order valence-electron chi connectivity index (χ2n) is 8.87. The molecule has 5 nitrogen and oxygen atoms in total. The maximum Gasteiger partial charge on any atom is 0.307 e. The predicted molar refractivity (Wildman–Crippen MR) is 98.3 cm³/mol. The van der Waals surface area contributed by atoms with Gasteiger partial charge >= 0.3 is 11.9 Å². The van der Waals surface area contributed by atoms with Crippen LogP contribution in [0.1, 0.15) is 59.3 Å². The zero-order chi connectivity index (χ0) is 19.3. The topological polar surface area (TPSA) is 69.7 Å². The molecule has 6 atom stereocenters. The summed E-state index contributed by atoms with van der Waals surface area (Å²) in [5.41, 5.74) is 1.05. The third-order valence-corrected chi connectivity index (χ3v) is 7.44. The van der Waals surface area contributed by atoms with Crippen LogP contribution in [0.25, 0.3) is 0 Å². The van der Waals surface area contributed by atoms with Gasteiger partial charge in [0.05, 0.1) is 0 Å². The largest absolute Gasteiger partial charge is 0.454 e. The van der Waals surface area contributed by atoms with Crippen LogP contribution in [0.5, 0.6) is 0 Å². The Morgan fingerprint density at radius 1 is 1.15 bits per heavy atom. The van der Waals surface area contributed by atoms with Crippen molar-refractivity contribution in [3.05, 3.63) is 23.5 Å². The molecule has 0 spiro atoms. The minimum atomic E-state index is -0.508. The molecule has 0 heterocycles. The Balaban J connectivity index is 1.64. The number of carbonyl (C=O) groups is 3. The van der Waals surface area contributed by atoms with E-state index >= 15 is 0 Å². The molecule has 27 heavy (non-hydrogen) atoms. The van der Waals surface area contributed by atoms with Gasteiger partial charge in [0.1, 0.15) is 11.5 Å². The molecular formula is C22H28O5. The van der Waals surface area contributed by atoms with Gasteiger partial charge in [0.25, 0.3) is 0 Å². The Labute approximate surface area is 160 Å². The van der Waals surface area contributed by atoms with E-state index in [1.54, 1.807) is 0 Å². The maximum absolute atomic E-state index is 12.5. The van der Waals surface area contributed by atoms with Crippen LogP contribution < -0.4 is 0 Å². The molecule has 1 unspecified atom stereocenters. The van der Waals surface area contributed by atoms with Crippen LogP contribution in [0.3, 0.4) is 0 Å². The SMILES string of the molecule is CC(=O)OC1=CC2=CC[C@@H]3[C@H](CC[C@]4(C)C(=O)CC[C@@H]34)[C@H]2CC1OC(C)=O. The first-order chi connectivity index (χ1) is 12.8. The van der Waals surface area contributed by atoms with Crippen LogP contribution in [-0.4, -0.2) is 23.8 Å². The van der Waals surface area contributed by atoms with E-state index in [1.807, 2.05) is 6.08 Å². The van der Waals surface area contributed by atoms with Crippen LogP contribution in [-0.2, 0) is 23.9 Å². The van der Waals surface area contributed by atoms with Crippen LogP contribution in [0.15, 0.2) is 23.5 Å². The van der Waals surface area contributed by atoms with Crippen LogP contribution >= 0.6 is 0 Å². The summed E-state index contributed by atoms with van der Waals surface area (Å²) in [6.07, 6.45) is 9.02. The van der Waals surface area contributed by atoms with Gasteiger partial charge in [-0.05, 0) is 67.4 Å². The lowest BCUT2D eigenvalue weighted by Gasteiger charge is -2.51. The fraction of sp³-hybridized carbons (Fsp3) is 0.682. The van der Waals surface area contributed by atoms with Crippen molar-refractivity contribution in [3.63, 3.8) is 0 Å². The molecule has 0 aromatic rings. The number of rotatable bonds is 2. The van der Waals surface area contributed by atoms with Crippen molar-refractivity contribution >= 4 is 17.7 Å². The van der Waals surface area contributed by atoms with Gasteiger partial charge in [-0.3, -0.25) is 14.4 Å². The molecule has 146 valence electrons. The van der Waals surface area contributed by atoms with Crippen LogP contribution in [0.2, 0.25) is 0 Å². The smallest absolute Gasteiger partial charge is 0.307 e. The lowest BCUT2D eigenvalue weighted by molar-refractivity contribution is -0.152.